The standard InChI is InChI=1S/C16H12ClN5O/c1-23-12-5-3-11(4-6-12)22-16(19-20-21-22)14-9-18-15-7-2-10(17)8-13(14)15/h2-9,18H,1H3. The van der Waals surface area contributed by atoms with Crippen LogP contribution in [0.5, 0.6) is 5.75 Å². The Morgan fingerprint density at radius 1 is 1.13 bits per heavy atom. The van der Waals surface area contributed by atoms with Crippen molar-refractivity contribution in [2.24, 2.45) is 0 Å². The lowest BCUT2D eigenvalue weighted by molar-refractivity contribution is 0.414. The normalized spacial score (nSPS) is 11.0. The van der Waals surface area contributed by atoms with Gasteiger partial charge in [-0.25, -0.2) is 0 Å². The van der Waals surface area contributed by atoms with Gasteiger partial charge < -0.3 is 9.72 Å². The van der Waals surface area contributed by atoms with Crippen molar-refractivity contribution in [3.05, 3.63) is 53.7 Å². The molecular weight excluding hydrogens is 314 g/mol. The number of nitrogens with zero attached hydrogens (tertiary/aromatic N) is 4. The van der Waals surface area contributed by atoms with Crippen molar-refractivity contribution in [2.75, 3.05) is 7.11 Å². The van der Waals surface area contributed by atoms with Gasteiger partial charge in [0.05, 0.1) is 12.8 Å². The monoisotopic (exact) mass is 325 g/mol. The number of hydrogen-bond acceptors (Lipinski definition) is 4. The second kappa shape index (κ2) is 5.40. The van der Waals surface area contributed by atoms with E-state index in [-0.39, 0.29) is 0 Å². The number of nitrogens with one attached hydrogen (secondary N) is 1. The molecule has 0 unspecified atom stereocenters. The summed E-state index contributed by atoms with van der Waals surface area (Å²) in [6.07, 6.45) is 1.88. The quantitative estimate of drug-likeness (QED) is 0.626. The van der Waals surface area contributed by atoms with Crippen LogP contribution in [0.4, 0.5) is 0 Å². The maximum Gasteiger partial charge on any atom is 0.189 e. The van der Waals surface area contributed by atoms with Gasteiger partial charge >= 0.3 is 0 Å². The van der Waals surface area contributed by atoms with Crippen LogP contribution in [-0.4, -0.2) is 32.3 Å². The van der Waals surface area contributed by atoms with Crippen molar-refractivity contribution in [1.82, 2.24) is 25.2 Å². The van der Waals surface area contributed by atoms with Crippen LogP contribution in [0.3, 0.4) is 0 Å². The highest BCUT2D eigenvalue weighted by Crippen LogP contribution is 2.30. The van der Waals surface area contributed by atoms with E-state index in [4.69, 9.17) is 16.3 Å². The van der Waals surface area contributed by atoms with Crippen LogP contribution in [0.1, 0.15) is 0 Å². The Morgan fingerprint density at radius 3 is 2.74 bits per heavy atom. The number of tetrazole rings is 1. The maximum absolute atomic E-state index is 6.11. The number of benzene rings is 2. The first kappa shape index (κ1) is 13.8. The molecule has 0 saturated carbocycles. The molecule has 23 heavy (non-hydrogen) atoms. The minimum atomic E-state index is 0.642. The second-order valence-corrected chi connectivity index (χ2v) is 5.44. The zero-order chi connectivity index (χ0) is 15.8. The number of rotatable bonds is 3. The first-order chi connectivity index (χ1) is 11.3. The van der Waals surface area contributed by atoms with Gasteiger partial charge in [0.25, 0.3) is 0 Å². The lowest BCUT2D eigenvalue weighted by Gasteiger charge is -2.05. The zero-order valence-corrected chi connectivity index (χ0v) is 12.9. The van der Waals surface area contributed by atoms with E-state index >= 15 is 0 Å². The average Bonchev–Trinajstić information content (AvgIpc) is 3.20. The van der Waals surface area contributed by atoms with E-state index in [9.17, 15) is 0 Å². The lowest BCUT2D eigenvalue weighted by atomic mass is 10.1. The van der Waals surface area contributed by atoms with Crippen molar-refractivity contribution in [3.8, 4) is 22.8 Å². The van der Waals surface area contributed by atoms with E-state index in [0.717, 1.165) is 27.9 Å². The van der Waals surface area contributed by atoms with Gasteiger partial charge in [-0.1, -0.05) is 11.6 Å². The van der Waals surface area contributed by atoms with Crippen molar-refractivity contribution < 1.29 is 4.74 Å². The van der Waals surface area contributed by atoms with Crippen molar-refractivity contribution in [1.29, 1.82) is 0 Å². The Hall–Kier alpha value is -2.86. The third kappa shape index (κ3) is 2.33. The summed E-state index contributed by atoms with van der Waals surface area (Å²) < 4.78 is 6.86. The molecule has 0 atom stereocenters. The summed E-state index contributed by atoms with van der Waals surface area (Å²) in [4.78, 5) is 3.21. The van der Waals surface area contributed by atoms with E-state index < -0.39 is 0 Å². The summed E-state index contributed by atoms with van der Waals surface area (Å²) in [7, 11) is 1.63. The van der Waals surface area contributed by atoms with Gasteiger partial charge in [-0.3, -0.25) is 0 Å². The minimum Gasteiger partial charge on any atom is -0.497 e. The smallest absolute Gasteiger partial charge is 0.189 e. The van der Waals surface area contributed by atoms with E-state index in [0.29, 0.717) is 10.8 Å². The number of H-pyrrole nitrogens is 1. The molecular formula is C16H12ClN5O. The van der Waals surface area contributed by atoms with E-state index in [1.165, 1.54) is 0 Å². The van der Waals surface area contributed by atoms with Gasteiger partial charge in [0.2, 0.25) is 0 Å². The number of aromatic amines is 1. The van der Waals surface area contributed by atoms with Gasteiger partial charge in [0.15, 0.2) is 5.82 Å². The molecule has 2 aromatic carbocycles. The Morgan fingerprint density at radius 2 is 1.96 bits per heavy atom. The molecule has 6 nitrogen and oxygen atoms in total. The fourth-order valence-electron chi connectivity index (χ4n) is 2.53. The third-order valence-electron chi connectivity index (χ3n) is 3.67. The predicted octanol–water partition coefficient (Wildman–Crippen LogP) is 3.47. The first-order valence-corrected chi connectivity index (χ1v) is 7.34. The highest BCUT2D eigenvalue weighted by Gasteiger charge is 2.15. The molecule has 0 radical (unpaired) electrons. The van der Waals surface area contributed by atoms with Crippen molar-refractivity contribution in [2.45, 2.75) is 0 Å². The summed E-state index contributed by atoms with van der Waals surface area (Å²) in [5, 5.41) is 13.7. The molecule has 7 heteroatoms. The van der Waals surface area contributed by atoms with E-state index in [2.05, 4.69) is 20.5 Å². The van der Waals surface area contributed by atoms with Gasteiger partial charge in [0, 0.05) is 27.7 Å². The van der Waals surface area contributed by atoms with Crippen LogP contribution in [0, 0.1) is 0 Å². The molecule has 0 amide bonds. The highest BCUT2D eigenvalue weighted by atomic mass is 35.5. The molecule has 114 valence electrons. The molecule has 1 N–H and O–H groups in total. The van der Waals surface area contributed by atoms with Crippen LogP contribution in [0.2, 0.25) is 5.02 Å². The molecule has 2 heterocycles. The lowest BCUT2D eigenvalue weighted by Crippen LogP contribution is -1.99. The highest BCUT2D eigenvalue weighted by molar-refractivity contribution is 6.31. The average molecular weight is 326 g/mol. The van der Waals surface area contributed by atoms with Gasteiger partial charge in [-0.15, -0.1) is 5.10 Å². The van der Waals surface area contributed by atoms with Crippen LogP contribution in [0.15, 0.2) is 48.7 Å². The van der Waals surface area contributed by atoms with Crippen LogP contribution >= 0.6 is 11.6 Å². The van der Waals surface area contributed by atoms with Gasteiger partial charge in [-0.2, -0.15) is 4.68 Å². The molecule has 0 fully saturated rings. The fraction of sp³-hybridized carbons (Fsp3) is 0.0625. The van der Waals surface area contributed by atoms with Crippen LogP contribution in [-0.2, 0) is 0 Å². The Bertz CT molecular complexity index is 974. The predicted molar refractivity (Wildman–Crippen MR) is 88.0 cm³/mol. The number of halogens is 1. The largest absolute Gasteiger partial charge is 0.497 e. The Balaban J connectivity index is 1.86. The van der Waals surface area contributed by atoms with Crippen LogP contribution in [0.25, 0.3) is 28.0 Å². The zero-order valence-electron chi connectivity index (χ0n) is 12.2. The summed E-state index contributed by atoms with van der Waals surface area (Å²) in [6.45, 7) is 0. The van der Waals surface area contributed by atoms with Crippen molar-refractivity contribution >= 4 is 22.5 Å². The summed E-state index contributed by atoms with van der Waals surface area (Å²) in [5.74, 6) is 1.42. The van der Waals surface area contributed by atoms with Gasteiger partial charge in [0.1, 0.15) is 5.75 Å². The van der Waals surface area contributed by atoms with E-state index in [1.54, 1.807) is 11.8 Å². The summed E-state index contributed by atoms with van der Waals surface area (Å²) in [6, 6.07) is 13.2. The van der Waals surface area contributed by atoms with Crippen LogP contribution < -0.4 is 4.74 Å². The number of fused-ring (bicyclic) bond motifs is 1. The molecule has 4 rings (SSSR count). The topological polar surface area (TPSA) is 68.6 Å². The molecule has 2 aromatic heterocycles. The third-order valence-corrected chi connectivity index (χ3v) is 3.91. The molecule has 0 bridgehead atoms. The molecule has 0 spiro atoms. The first-order valence-electron chi connectivity index (χ1n) is 6.96. The summed E-state index contributed by atoms with van der Waals surface area (Å²) in [5.41, 5.74) is 2.72. The molecule has 0 saturated heterocycles. The molecule has 0 aliphatic heterocycles. The molecule has 4 aromatic rings. The number of ether oxygens (including phenoxy) is 1. The number of methoxy groups -OCH3 is 1. The number of aromatic nitrogens is 5. The minimum absolute atomic E-state index is 0.642. The Kier molecular flexibility index (Phi) is 3.24. The second-order valence-electron chi connectivity index (χ2n) is 5.00. The van der Waals surface area contributed by atoms with Gasteiger partial charge in [-0.05, 0) is 52.9 Å². The van der Waals surface area contributed by atoms with E-state index in [1.807, 2.05) is 48.7 Å². The maximum atomic E-state index is 6.11. The fourth-order valence-corrected chi connectivity index (χ4v) is 2.70. The summed E-state index contributed by atoms with van der Waals surface area (Å²) >= 11 is 6.11. The molecule has 0 aliphatic carbocycles. The SMILES string of the molecule is COc1ccc(-n2nnnc2-c2c[nH]c3ccc(Cl)cc23)cc1. The molecule has 0 aliphatic rings. The number of hydrogen-bond donors (Lipinski definition) is 1. The Labute approximate surface area is 136 Å². The van der Waals surface area contributed by atoms with Crippen molar-refractivity contribution in [3.63, 3.8) is 0 Å².